The Bertz CT molecular complexity index is 1080. The third-order valence-electron chi connectivity index (χ3n) is 6.38. The highest BCUT2D eigenvalue weighted by Gasteiger charge is 2.32. The van der Waals surface area contributed by atoms with Gasteiger partial charge in [-0.3, -0.25) is 24.4 Å². The van der Waals surface area contributed by atoms with Crippen molar-refractivity contribution in [2.24, 2.45) is 11.8 Å². The third-order valence-corrected chi connectivity index (χ3v) is 6.38. The number of carbonyl (C=O) groups excluding carboxylic acids is 4. The van der Waals surface area contributed by atoms with Crippen LogP contribution in [0.25, 0.3) is 11.3 Å². The van der Waals surface area contributed by atoms with E-state index in [0.29, 0.717) is 41.4 Å². The zero-order chi connectivity index (χ0) is 26.8. The molecule has 37 heavy (non-hydrogen) atoms. The number of amides is 3. The Morgan fingerprint density at radius 3 is 2.62 bits per heavy atom. The summed E-state index contributed by atoms with van der Waals surface area (Å²) in [4.78, 5) is 48.4. The molecule has 0 saturated heterocycles. The average Bonchev–Trinajstić information content (AvgIpc) is 3.64. The van der Waals surface area contributed by atoms with Crippen LogP contribution < -0.4 is 15.4 Å². The summed E-state index contributed by atoms with van der Waals surface area (Å²) < 4.78 is 11.1. The molecule has 10 nitrogen and oxygen atoms in total. The van der Waals surface area contributed by atoms with Crippen molar-refractivity contribution in [3.05, 3.63) is 42.2 Å². The van der Waals surface area contributed by atoms with Gasteiger partial charge in [-0.2, -0.15) is 0 Å². The highest BCUT2D eigenvalue weighted by atomic mass is 16.5. The van der Waals surface area contributed by atoms with Gasteiger partial charge in [0.05, 0.1) is 24.5 Å². The smallest absolute Gasteiger partial charge is 0.314 e. The standard InChI is InChI=1S/C27H35N3O7/c1-3-5-6-10-21(22(4-2)30(35)17-31)25(32)28-16-29-26(33)24-14-13-23(37-24)19-8-7-9-20(15-19)36-27(34)18-11-12-18/h7-9,13-15,17-18,21-22,35H,3-6,10-12,16H2,1-2H3,(H,28,32)(H,29,33)/t21-,22-/m1/s1. The van der Waals surface area contributed by atoms with E-state index < -0.39 is 17.9 Å². The summed E-state index contributed by atoms with van der Waals surface area (Å²) in [5.41, 5.74) is 0.651. The SMILES string of the molecule is CCCCC[C@@H](C(=O)NCNC(=O)c1ccc(-c2cccc(OC(=O)C3CC3)c2)o1)[C@@H](CC)N(O)C=O. The lowest BCUT2D eigenvalue weighted by atomic mass is 9.90. The van der Waals surface area contributed by atoms with Crippen molar-refractivity contribution in [2.45, 2.75) is 64.8 Å². The first kappa shape index (κ1) is 27.9. The largest absolute Gasteiger partial charge is 0.451 e. The molecule has 200 valence electrons. The van der Waals surface area contributed by atoms with Crippen LogP contribution >= 0.6 is 0 Å². The maximum atomic E-state index is 12.8. The van der Waals surface area contributed by atoms with Crippen molar-refractivity contribution < 1.29 is 33.5 Å². The molecule has 2 aromatic rings. The van der Waals surface area contributed by atoms with Gasteiger partial charge < -0.3 is 19.8 Å². The van der Waals surface area contributed by atoms with E-state index in [9.17, 15) is 24.4 Å². The number of nitrogens with one attached hydrogen (secondary N) is 2. The Labute approximate surface area is 216 Å². The van der Waals surface area contributed by atoms with Crippen LogP contribution in [0.5, 0.6) is 5.75 Å². The molecule has 1 aliphatic carbocycles. The summed E-state index contributed by atoms with van der Waals surface area (Å²) in [6.45, 7) is 3.69. The molecular weight excluding hydrogens is 478 g/mol. The molecule has 3 amide bonds. The summed E-state index contributed by atoms with van der Waals surface area (Å²) in [6.07, 6.45) is 5.60. The first-order valence-corrected chi connectivity index (χ1v) is 12.8. The second-order valence-electron chi connectivity index (χ2n) is 9.17. The normalized spacial score (nSPS) is 14.4. The maximum Gasteiger partial charge on any atom is 0.314 e. The maximum absolute atomic E-state index is 12.8. The minimum atomic E-state index is -0.656. The number of hydroxylamine groups is 2. The van der Waals surface area contributed by atoms with Crippen LogP contribution in [-0.2, 0) is 14.4 Å². The molecule has 1 fully saturated rings. The molecule has 0 bridgehead atoms. The van der Waals surface area contributed by atoms with Gasteiger partial charge in [0.1, 0.15) is 11.5 Å². The molecule has 3 N–H and O–H groups in total. The van der Waals surface area contributed by atoms with Gasteiger partial charge in [-0.1, -0.05) is 45.2 Å². The Morgan fingerprint density at radius 1 is 1.16 bits per heavy atom. The molecule has 0 unspecified atom stereocenters. The summed E-state index contributed by atoms with van der Waals surface area (Å²) in [7, 11) is 0. The van der Waals surface area contributed by atoms with Gasteiger partial charge in [0.2, 0.25) is 12.3 Å². The Kier molecular flexibility index (Phi) is 10.3. The molecule has 0 aliphatic heterocycles. The minimum Gasteiger partial charge on any atom is -0.451 e. The lowest BCUT2D eigenvalue weighted by molar-refractivity contribution is -0.168. The van der Waals surface area contributed by atoms with E-state index in [2.05, 4.69) is 10.6 Å². The minimum absolute atomic E-state index is 0.0184. The summed E-state index contributed by atoms with van der Waals surface area (Å²) >= 11 is 0. The van der Waals surface area contributed by atoms with E-state index in [1.165, 1.54) is 6.07 Å². The lowest BCUT2D eigenvalue weighted by Crippen LogP contribution is -2.47. The molecule has 1 heterocycles. The first-order chi connectivity index (χ1) is 17.9. The number of ether oxygens (including phenoxy) is 1. The molecule has 3 rings (SSSR count). The Balaban J connectivity index is 1.56. The topological polar surface area (TPSA) is 138 Å². The van der Waals surface area contributed by atoms with Crippen LogP contribution in [0.1, 0.15) is 69.3 Å². The van der Waals surface area contributed by atoms with Crippen LogP contribution in [0.2, 0.25) is 0 Å². The highest BCUT2D eigenvalue weighted by Crippen LogP contribution is 2.32. The van der Waals surface area contributed by atoms with Gasteiger partial charge in [-0.15, -0.1) is 0 Å². The molecule has 1 saturated carbocycles. The molecular formula is C27H35N3O7. The van der Waals surface area contributed by atoms with Crippen LogP contribution in [0.3, 0.4) is 0 Å². The van der Waals surface area contributed by atoms with Crippen molar-refractivity contribution >= 4 is 24.2 Å². The molecule has 0 radical (unpaired) electrons. The zero-order valence-electron chi connectivity index (χ0n) is 21.3. The van der Waals surface area contributed by atoms with E-state index in [1.807, 2.05) is 6.92 Å². The molecule has 1 aromatic carbocycles. The van der Waals surface area contributed by atoms with Gasteiger partial charge in [-0.25, -0.2) is 5.06 Å². The fraction of sp³-hybridized carbons (Fsp3) is 0.481. The van der Waals surface area contributed by atoms with Crippen molar-refractivity contribution in [3.8, 4) is 17.1 Å². The van der Waals surface area contributed by atoms with Gasteiger partial charge in [0.25, 0.3) is 5.91 Å². The summed E-state index contributed by atoms with van der Waals surface area (Å²) in [5, 5.41) is 15.7. The number of esters is 1. The molecule has 2 atom stereocenters. The Hall–Kier alpha value is -3.66. The summed E-state index contributed by atoms with van der Waals surface area (Å²) in [6, 6.07) is 9.38. The lowest BCUT2D eigenvalue weighted by Gasteiger charge is -2.29. The van der Waals surface area contributed by atoms with Crippen molar-refractivity contribution in [3.63, 3.8) is 0 Å². The van der Waals surface area contributed by atoms with E-state index in [4.69, 9.17) is 9.15 Å². The number of hydrogen-bond donors (Lipinski definition) is 3. The fourth-order valence-electron chi connectivity index (χ4n) is 4.12. The van der Waals surface area contributed by atoms with Crippen molar-refractivity contribution in [2.75, 3.05) is 6.67 Å². The number of unbranched alkanes of at least 4 members (excludes halogenated alkanes) is 2. The van der Waals surface area contributed by atoms with Crippen molar-refractivity contribution in [1.82, 2.24) is 15.7 Å². The van der Waals surface area contributed by atoms with Crippen LogP contribution in [-0.4, -0.2) is 47.2 Å². The Morgan fingerprint density at radius 2 is 1.95 bits per heavy atom. The average molecular weight is 514 g/mol. The number of nitrogens with zero attached hydrogens (tertiary/aromatic N) is 1. The molecule has 1 aliphatic rings. The van der Waals surface area contributed by atoms with Gasteiger partial charge in [-0.05, 0) is 49.9 Å². The van der Waals surface area contributed by atoms with E-state index in [1.54, 1.807) is 37.3 Å². The second-order valence-corrected chi connectivity index (χ2v) is 9.17. The number of furan rings is 1. The summed E-state index contributed by atoms with van der Waals surface area (Å²) in [5.74, 6) is -0.856. The zero-order valence-corrected chi connectivity index (χ0v) is 21.3. The second kappa shape index (κ2) is 13.6. The van der Waals surface area contributed by atoms with E-state index in [-0.39, 0.29) is 30.2 Å². The van der Waals surface area contributed by atoms with Crippen molar-refractivity contribution in [1.29, 1.82) is 0 Å². The van der Waals surface area contributed by atoms with Gasteiger partial charge in [0, 0.05) is 5.56 Å². The van der Waals surface area contributed by atoms with E-state index in [0.717, 1.165) is 32.1 Å². The van der Waals surface area contributed by atoms with Crippen LogP contribution in [0.4, 0.5) is 0 Å². The van der Waals surface area contributed by atoms with Gasteiger partial charge in [0.15, 0.2) is 5.76 Å². The first-order valence-electron chi connectivity index (χ1n) is 12.8. The number of benzene rings is 1. The monoisotopic (exact) mass is 513 g/mol. The highest BCUT2D eigenvalue weighted by molar-refractivity contribution is 5.92. The van der Waals surface area contributed by atoms with Gasteiger partial charge >= 0.3 is 5.97 Å². The fourth-order valence-corrected chi connectivity index (χ4v) is 4.12. The number of hydrogen-bond acceptors (Lipinski definition) is 7. The van der Waals surface area contributed by atoms with Crippen LogP contribution in [0, 0.1) is 11.8 Å². The predicted octanol–water partition coefficient (Wildman–Crippen LogP) is 3.89. The third kappa shape index (κ3) is 7.91. The molecule has 0 spiro atoms. The predicted molar refractivity (Wildman–Crippen MR) is 134 cm³/mol. The van der Waals surface area contributed by atoms with Crippen LogP contribution in [0.15, 0.2) is 40.8 Å². The molecule has 10 heteroatoms. The number of carbonyl (C=O) groups is 4. The van der Waals surface area contributed by atoms with E-state index >= 15 is 0 Å². The molecule has 1 aromatic heterocycles. The number of rotatable bonds is 15. The quantitative estimate of drug-likeness (QED) is 0.0625.